The smallest absolute Gasteiger partial charge is 0.132 e. The SMILES string of the molecule is CC1(C)CC(/C=C/c2ccc(N)cc2)=CC(=C(C#N)C#N)C1. The number of nitrogens with two attached hydrogens (primary N) is 1. The van der Waals surface area contributed by atoms with E-state index in [2.05, 4.69) is 19.9 Å². The Morgan fingerprint density at radius 3 is 2.32 bits per heavy atom. The van der Waals surface area contributed by atoms with E-state index in [1.807, 2.05) is 48.6 Å². The maximum Gasteiger partial charge on any atom is 0.132 e. The second kappa shape index (κ2) is 6.33. The molecular formula is C19H19N3. The molecule has 0 amide bonds. The van der Waals surface area contributed by atoms with Gasteiger partial charge in [-0.2, -0.15) is 10.5 Å². The molecule has 0 heterocycles. The van der Waals surface area contributed by atoms with Crippen molar-refractivity contribution in [1.29, 1.82) is 10.5 Å². The Labute approximate surface area is 131 Å². The molecule has 1 aliphatic carbocycles. The first kappa shape index (κ1) is 15.6. The van der Waals surface area contributed by atoms with E-state index in [-0.39, 0.29) is 11.0 Å². The summed E-state index contributed by atoms with van der Waals surface area (Å²) in [5, 5.41) is 18.2. The number of hydrogen-bond acceptors (Lipinski definition) is 3. The topological polar surface area (TPSA) is 73.6 Å². The van der Waals surface area contributed by atoms with Gasteiger partial charge in [-0.3, -0.25) is 0 Å². The molecule has 110 valence electrons. The lowest BCUT2D eigenvalue weighted by atomic mass is 9.74. The molecule has 1 aromatic rings. The van der Waals surface area contributed by atoms with Gasteiger partial charge in [-0.15, -0.1) is 0 Å². The fourth-order valence-electron chi connectivity index (χ4n) is 2.70. The van der Waals surface area contributed by atoms with E-state index in [9.17, 15) is 0 Å². The lowest BCUT2D eigenvalue weighted by molar-refractivity contribution is 0.354. The summed E-state index contributed by atoms with van der Waals surface area (Å²) in [5.74, 6) is 0. The van der Waals surface area contributed by atoms with Crippen molar-refractivity contribution in [1.82, 2.24) is 0 Å². The van der Waals surface area contributed by atoms with Gasteiger partial charge in [-0.25, -0.2) is 0 Å². The van der Waals surface area contributed by atoms with E-state index in [1.165, 1.54) is 0 Å². The summed E-state index contributed by atoms with van der Waals surface area (Å²) in [4.78, 5) is 0. The zero-order valence-electron chi connectivity index (χ0n) is 12.9. The Balaban J connectivity index is 2.33. The summed E-state index contributed by atoms with van der Waals surface area (Å²) in [5.41, 5.74) is 9.72. The molecule has 0 bridgehead atoms. The van der Waals surface area contributed by atoms with E-state index in [0.29, 0.717) is 0 Å². The largest absolute Gasteiger partial charge is 0.399 e. The number of anilines is 1. The lowest BCUT2D eigenvalue weighted by Gasteiger charge is -2.30. The molecule has 0 spiro atoms. The molecule has 0 unspecified atom stereocenters. The third kappa shape index (κ3) is 3.87. The van der Waals surface area contributed by atoms with Gasteiger partial charge in [0.1, 0.15) is 17.7 Å². The van der Waals surface area contributed by atoms with Crippen LogP contribution in [0.25, 0.3) is 6.08 Å². The average molecular weight is 289 g/mol. The van der Waals surface area contributed by atoms with Gasteiger partial charge in [0.25, 0.3) is 0 Å². The van der Waals surface area contributed by atoms with Crippen LogP contribution in [0.2, 0.25) is 0 Å². The number of allylic oxidation sites excluding steroid dienone is 5. The number of hydrogen-bond donors (Lipinski definition) is 1. The van der Waals surface area contributed by atoms with Crippen LogP contribution in [0.4, 0.5) is 5.69 Å². The number of nitrogen functional groups attached to an aromatic ring is 1. The van der Waals surface area contributed by atoms with Crippen LogP contribution in [0.15, 0.2) is 53.1 Å². The molecule has 1 aromatic carbocycles. The Kier molecular flexibility index (Phi) is 4.49. The molecular weight excluding hydrogens is 270 g/mol. The Morgan fingerprint density at radius 1 is 1.09 bits per heavy atom. The third-order valence-corrected chi connectivity index (χ3v) is 3.68. The van der Waals surface area contributed by atoms with Crippen molar-refractivity contribution in [3.63, 3.8) is 0 Å². The minimum Gasteiger partial charge on any atom is -0.399 e. The molecule has 0 atom stereocenters. The molecule has 2 N–H and O–H groups in total. The first-order valence-electron chi connectivity index (χ1n) is 7.21. The fraction of sp³-hybridized carbons (Fsp3) is 0.263. The standard InChI is InChI=1S/C19H19N3/c1-19(2)10-15(9-16(11-19)17(12-20)13-21)4-3-14-5-7-18(22)8-6-14/h3-9H,10-11,22H2,1-2H3/b4-3+. The van der Waals surface area contributed by atoms with Crippen LogP contribution < -0.4 is 5.73 Å². The second-order valence-electron chi connectivity index (χ2n) is 6.36. The first-order chi connectivity index (χ1) is 10.4. The molecule has 2 rings (SSSR count). The molecule has 0 fully saturated rings. The normalized spacial score (nSPS) is 16.7. The Morgan fingerprint density at radius 2 is 1.73 bits per heavy atom. The first-order valence-corrected chi connectivity index (χ1v) is 7.21. The van der Waals surface area contributed by atoms with Crippen molar-refractivity contribution in [3.05, 3.63) is 58.7 Å². The van der Waals surface area contributed by atoms with Gasteiger partial charge in [-0.05, 0) is 47.1 Å². The van der Waals surface area contributed by atoms with Crippen LogP contribution in [0.1, 0.15) is 32.3 Å². The summed E-state index contributed by atoms with van der Waals surface area (Å²) >= 11 is 0. The molecule has 1 aliphatic rings. The fourth-order valence-corrected chi connectivity index (χ4v) is 2.70. The van der Waals surface area contributed by atoms with E-state index in [1.54, 1.807) is 0 Å². The minimum atomic E-state index is 0.0455. The predicted octanol–water partition coefficient (Wildman–Crippen LogP) is 4.37. The molecule has 0 saturated carbocycles. The van der Waals surface area contributed by atoms with Crippen molar-refractivity contribution in [2.75, 3.05) is 5.73 Å². The molecule has 0 aromatic heterocycles. The van der Waals surface area contributed by atoms with Gasteiger partial charge in [0.05, 0.1) is 0 Å². The summed E-state index contributed by atoms with van der Waals surface area (Å²) in [7, 11) is 0. The van der Waals surface area contributed by atoms with Gasteiger partial charge in [-0.1, -0.05) is 44.2 Å². The van der Waals surface area contributed by atoms with Gasteiger partial charge in [0, 0.05) is 5.69 Å². The molecule has 3 nitrogen and oxygen atoms in total. The van der Waals surface area contributed by atoms with Crippen LogP contribution in [-0.4, -0.2) is 0 Å². The average Bonchev–Trinajstić information content (AvgIpc) is 2.46. The third-order valence-electron chi connectivity index (χ3n) is 3.68. The van der Waals surface area contributed by atoms with E-state index in [0.717, 1.165) is 35.2 Å². The minimum absolute atomic E-state index is 0.0455. The zero-order valence-corrected chi connectivity index (χ0v) is 12.9. The summed E-state index contributed by atoms with van der Waals surface area (Å²) in [6.07, 6.45) is 7.73. The van der Waals surface area contributed by atoms with Crippen LogP contribution in [0.3, 0.4) is 0 Å². The number of nitrogens with zero attached hydrogens (tertiary/aromatic N) is 2. The molecule has 22 heavy (non-hydrogen) atoms. The quantitative estimate of drug-likeness (QED) is 0.649. The van der Waals surface area contributed by atoms with E-state index < -0.39 is 0 Å². The van der Waals surface area contributed by atoms with Gasteiger partial charge in [0.15, 0.2) is 0 Å². The maximum atomic E-state index is 9.08. The lowest BCUT2D eigenvalue weighted by Crippen LogP contribution is -2.17. The molecule has 3 heteroatoms. The maximum absolute atomic E-state index is 9.08. The summed E-state index contributed by atoms with van der Waals surface area (Å²) in [6, 6.07) is 11.7. The van der Waals surface area contributed by atoms with Crippen molar-refractivity contribution >= 4 is 11.8 Å². The van der Waals surface area contributed by atoms with Gasteiger partial charge in [0.2, 0.25) is 0 Å². The van der Waals surface area contributed by atoms with E-state index in [4.69, 9.17) is 16.3 Å². The monoisotopic (exact) mass is 289 g/mol. The number of benzene rings is 1. The molecule has 0 saturated heterocycles. The van der Waals surface area contributed by atoms with Crippen LogP contribution in [0.5, 0.6) is 0 Å². The zero-order chi connectivity index (χ0) is 16.2. The summed E-state index contributed by atoms with van der Waals surface area (Å²) in [6.45, 7) is 4.31. The van der Waals surface area contributed by atoms with Crippen molar-refractivity contribution in [2.24, 2.45) is 5.41 Å². The predicted molar refractivity (Wildman–Crippen MR) is 89.2 cm³/mol. The van der Waals surface area contributed by atoms with Crippen molar-refractivity contribution in [2.45, 2.75) is 26.7 Å². The Hall–Kier alpha value is -2.78. The molecule has 0 aliphatic heterocycles. The van der Waals surface area contributed by atoms with Gasteiger partial charge < -0.3 is 5.73 Å². The van der Waals surface area contributed by atoms with Crippen LogP contribution in [-0.2, 0) is 0 Å². The highest BCUT2D eigenvalue weighted by Crippen LogP contribution is 2.39. The van der Waals surface area contributed by atoms with Crippen LogP contribution >= 0.6 is 0 Å². The summed E-state index contributed by atoms with van der Waals surface area (Å²) < 4.78 is 0. The van der Waals surface area contributed by atoms with Crippen molar-refractivity contribution in [3.8, 4) is 12.1 Å². The number of nitriles is 2. The highest BCUT2D eigenvalue weighted by molar-refractivity contribution is 5.58. The van der Waals surface area contributed by atoms with Gasteiger partial charge >= 0.3 is 0 Å². The Bertz CT molecular complexity index is 716. The highest BCUT2D eigenvalue weighted by atomic mass is 14.5. The van der Waals surface area contributed by atoms with Crippen LogP contribution in [0, 0.1) is 28.1 Å². The highest BCUT2D eigenvalue weighted by Gasteiger charge is 2.26. The second-order valence-corrected chi connectivity index (χ2v) is 6.36. The molecule has 0 radical (unpaired) electrons. The number of rotatable bonds is 2. The van der Waals surface area contributed by atoms with Crippen molar-refractivity contribution < 1.29 is 0 Å². The van der Waals surface area contributed by atoms with E-state index >= 15 is 0 Å².